The molecule has 1 rings (SSSR count). The molecule has 1 heterocycles. The van der Waals surface area contributed by atoms with Gasteiger partial charge in [0.2, 0.25) is 5.96 Å². The van der Waals surface area contributed by atoms with Crippen LogP contribution >= 0.6 is 0 Å². The normalized spacial score (nSPS) is 13.6. The smallest absolute Gasteiger partial charge is 0.209 e. The number of nitrogens with one attached hydrogen (secondary N) is 4. The van der Waals surface area contributed by atoms with E-state index in [1.54, 1.807) is 25.5 Å². The van der Waals surface area contributed by atoms with Crippen LogP contribution in [-0.2, 0) is 0 Å². The number of aromatic nitrogens is 1. The molecule has 1 unspecified atom stereocenters. The molecule has 1 atom stereocenters. The SMILES string of the molecule is CC.CN=C(N)N/N=C/c1ccc(NC(C)/C=C(C)\C=C(/C)C(=N)/C=C\C=N)cn1. The van der Waals surface area contributed by atoms with Gasteiger partial charge in [0.15, 0.2) is 0 Å². The fourth-order valence-electron chi connectivity index (χ4n) is 2.22. The highest BCUT2D eigenvalue weighted by Crippen LogP contribution is 2.10. The molecule has 0 radical (unpaired) electrons. The van der Waals surface area contributed by atoms with Crippen LogP contribution in [0.4, 0.5) is 5.69 Å². The summed E-state index contributed by atoms with van der Waals surface area (Å²) in [4.78, 5) is 8.05. The first-order valence-corrected chi connectivity index (χ1v) is 9.72. The summed E-state index contributed by atoms with van der Waals surface area (Å²) in [5, 5.41) is 22.2. The Hall–Kier alpha value is -3.55. The minimum absolute atomic E-state index is 0.0823. The maximum absolute atomic E-state index is 7.92. The lowest BCUT2D eigenvalue weighted by molar-refractivity contribution is 0.982. The van der Waals surface area contributed by atoms with Crippen LogP contribution < -0.4 is 16.5 Å². The summed E-state index contributed by atoms with van der Waals surface area (Å²) in [5.74, 6) is 0.232. The second-order valence-electron chi connectivity index (χ2n) is 6.06. The average molecular weight is 411 g/mol. The van der Waals surface area contributed by atoms with Crippen molar-refractivity contribution in [3.8, 4) is 0 Å². The van der Waals surface area contributed by atoms with Crippen LogP contribution in [0.3, 0.4) is 0 Å². The van der Waals surface area contributed by atoms with E-state index in [0.29, 0.717) is 11.4 Å². The number of pyridine rings is 1. The Balaban J connectivity index is 0.00000407. The molecule has 30 heavy (non-hydrogen) atoms. The molecule has 0 saturated carbocycles. The first kappa shape index (κ1) is 26.4. The van der Waals surface area contributed by atoms with Gasteiger partial charge in [-0.2, -0.15) is 5.10 Å². The molecule has 162 valence electrons. The van der Waals surface area contributed by atoms with E-state index >= 15 is 0 Å². The van der Waals surface area contributed by atoms with Crippen LogP contribution in [0.5, 0.6) is 0 Å². The molecule has 0 fully saturated rings. The number of nitrogens with zero attached hydrogens (tertiary/aromatic N) is 3. The van der Waals surface area contributed by atoms with Gasteiger partial charge < -0.3 is 21.9 Å². The largest absolute Gasteiger partial charge is 0.378 e. The predicted molar refractivity (Wildman–Crippen MR) is 130 cm³/mol. The third kappa shape index (κ3) is 11.3. The Bertz CT molecular complexity index is 814. The number of hydrogen-bond donors (Lipinski definition) is 5. The first-order chi connectivity index (χ1) is 14.3. The first-order valence-electron chi connectivity index (χ1n) is 9.72. The summed E-state index contributed by atoms with van der Waals surface area (Å²) < 4.78 is 0. The standard InChI is InChI=1S/C20H28N8.C2H6/c1-14(10-15(2)19(22)6-5-9-21)11-16(3)27-18-8-7-17(25-12-18)13-26-28-20(23)24-4;1-2/h5-13,16,21-22,27H,1-4H3,(H3,23,24,28);1-2H3/b6-5-,14-11-,15-10+,21-9?,22-19?,26-13+;. The van der Waals surface area contributed by atoms with E-state index < -0.39 is 0 Å². The van der Waals surface area contributed by atoms with E-state index in [9.17, 15) is 0 Å². The molecule has 0 aliphatic heterocycles. The van der Waals surface area contributed by atoms with Gasteiger partial charge in [-0.15, -0.1) is 0 Å². The van der Waals surface area contributed by atoms with Crippen molar-refractivity contribution in [2.24, 2.45) is 15.8 Å². The Morgan fingerprint density at radius 3 is 2.53 bits per heavy atom. The minimum Gasteiger partial charge on any atom is -0.378 e. The van der Waals surface area contributed by atoms with Crippen molar-refractivity contribution in [3.05, 3.63) is 59.5 Å². The Labute approximate surface area is 179 Å². The van der Waals surface area contributed by atoms with Gasteiger partial charge in [-0.1, -0.05) is 31.6 Å². The topological polar surface area (TPSA) is 135 Å². The molecule has 8 heteroatoms. The minimum atomic E-state index is 0.0823. The van der Waals surface area contributed by atoms with E-state index in [-0.39, 0.29) is 12.0 Å². The molecule has 0 aromatic carbocycles. The molecule has 0 aliphatic carbocycles. The number of anilines is 1. The molecular weight excluding hydrogens is 376 g/mol. The highest BCUT2D eigenvalue weighted by Gasteiger charge is 2.01. The van der Waals surface area contributed by atoms with Crippen molar-refractivity contribution in [3.63, 3.8) is 0 Å². The summed E-state index contributed by atoms with van der Waals surface area (Å²) in [6.45, 7) is 9.91. The Morgan fingerprint density at radius 1 is 1.27 bits per heavy atom. The van der Waals surface area contributed by atoms with Gasteiger partial charge in [0.05, 0.1) is 29.5 Å². The molecular formula is C22H34N8. The van der Waals surface area contributed by atoms with E-state index in [4.69, 9.17) is 16.6 Å². The second-order valence-corrected chi connectivity index (χ2v) is 6.06. The van der Waals surface area contributed by atoms with Gasteiger partial charge in [-0.25, -0.2) is 5.43 Å². The Kier molecular flexibility index (Phi) is 13.6. The average Bonchev–Trinajstić information content (AvgIpc) is 2.74. The van der Waals surface area contributed by atoms with Crippen molar-refractivity contribution in [1.29, 1.82) is 10.8 Å². The zero-order chi connectivity index (χ0) is 22.9. The van der Waals surface area contributed by atoms with Gasteiger partial charge in [0.1, 0.15) is 0 Å². The third-order valence-corrected chi connectivity index (χ3v) is 3.54. The summed E-state index contributed by atoms with van der Waals surface area (Å²) in [6, 6.07) is 3.85. The van der Waals surface area contributed by atoms with Crippen LogP contribution in [0.2, 0.25) is 0 Å². The lowest BCUT2D eigenvalue weighted by Crippen LogP contribution is -2.26. The quantitative estimate of drug-likeness (QED) is 0.183. The van der Waals surface area contributed by atoms with Crippen LogP contribution in [-0.4, -0.2) is 42.2 Å². The number of nitrogens with two attached hydrogens (primary N) is 1. The molecule has 0 spiro atoms. The molecule has 0 bridgehead atoms. The monoisotopic (exact) mass is 410 g/mol. The summed E-state index contributed by atoms with van der Waals surface area (Å²) in [5.41, 5.74) is 11.9. The number of allylic oxidation sites excluding steroid dienone is 5. The van der Waals surface area contributed by atoms with Crippen LogP contribution in [0.15, 0.2) is 63.9 Å². The number of hydrogen-bond acceptors (Lipinski definition) is 6. The number of hydrazone groups is 1. The van der Waals surface area contributed by atoms with E-state index in [1.165, 1.54) is 6.08 Å². The maximum atomic E-state index is 7.92. The molecule has 6 N–H and O–H groups in total. The molecule has 0 amide bonds. The predicted octanol–water partition coefficient (Wildman–Crippen LogP) is 3.89. The summed E-state index contributed by atoms with van der Waals surface area (Å²) in [6.07, 6.45) is 11.6. The van der Waals surface area contributed by atoms with Crippen LogP contribution in [0.1, 0.15) is 40.3 Å². The van der Waals surface area contributed by atoms with E-state index in [0.717, 1.165) is 23.0 Å². The number of aliphatic imine (C=N–C) groups is 1. The van der Waals surface area contributed by atoms with Crippen LogP contribution in [0.25, 0.3) is 0 Å². The number of guanidine groups is 1. The molecule has 0 saturated heterocycles. The lowest BCUT2D eigenvalue weighted by atomic mass is 10.1. The fraction of sp³-hybridized carbons (Fsp3) is 0.318. The van der Waals surface area contributed by atoms with Crippen molar-refractivity contribution >= 4 is 29.8 Å². The zero-order valence-corrected chi connectivity index (χ0v) is 18.7. The highest BCUT2D eigenvalue weighted by atomic mass is 15.3. The van der Waals surface area contributed by atoms with Gasteiger partial charge in [-0.3, -0.25) is 9.98 Å². The second kappa shape index (κ2) is 15.4. The van der Waals surface area contributed by atoms with E-state index in [2.05, 4.69) is 31.9 Å². The zero-order valence-electron chi connectivity index (χ0n) is 18.7. The van der Waals surface area contributed by atoms with Crippen LogP contribution in [0, 0.1) is 10.8 Å². The summed E-state index contributed by atoms with van der Waals surface area (Å²) >= 11 is 0. The third-order valence-electron chi connectivity index (χ3n) is 3.54. The van der Waals surface area contributed by atoms with Gasteiger partial charge in [0, 0.05) is 19.3 Å². The van der Waals surface area contributed by atoms with Crippen molar-refractivity contribution in [2.75, 3.05) is 12.4 Å². The Morgan fingerprint density at radius 2 is 1.97 bits per heavy atom. The summed E-state index contributed by atoms with van der Waals surface area (Å²) in [7, 11) is 1.57. The van der Waals surface area contributed by atoms with Crippen molar-refractivity contribution in [1.82, 2.24) is 10.4 Å². The molecule has 8 nitrogen and oxygen atoms in total. The maximum Gasteiger partial charge on any atom is 0.209 e. The molecule has 1 aromatic heterocycles. The molecule has 1 aromatic rings. The van der Waals surface area contributed by atoms with Crippen molar-refractivity contribution < 1.29 is 0 Å². The van der Waals surface area contributed by atoms with E-state index in [1.807, 2.05) is 52.8 Å². The molecule has 0 aliphatic rings. The lowest BCUT2D eigenvalue weighted by Gasteiger charge is -2.12. The van der Waals surface area contributed by atoms with Gasteiger partial charge in [-0.05, 0) is 50.6 Å². The fourth-order valence-corrected chi connectivity index (χ4v) is 2.22. The number of rotatable bonds is 9. The highest BCUT2D eigenvalue weighted by molar-refractivity contribution is 6.07. The van der Waals surface area contributed by atoms with Gasteiger partial charge in [0.25, 0.3) is 0 Å². The van der Waals surface area contributed by atoms with Crippen molar-refractivity contribution in [2.45, 2.75) is 40.7 Å². The van der Waals surface area contributed by atoms with Gasteiger partial charge >= 0.3 is 0 Å².